The molecule has 1 spiro atoms. The topological polar surface area (TPSA) is 81.8 Å². The summed E-state index contributed by atoms with van der Waals surface area (Å²) in [7, 11) is 0. The van der Waals surface area contributed by atoms with Gasteiger partial charge >= 0.3 is 0 Å². The van der Waals surface area contributed by atoms with Gasteiger partial charge in [-0.15, -0.1) is 0 Å². The minimum atomic E-state index is -1.03. The summed E-state index contributed by atoms with van der Waals surface area (Å²) in [5.74, 6) is -0.372. The van der Waals surface area contributed by atoms with Crippen molar-refractivity contribution in [2.45, 2.75) is 53.1 Å². The molecule has 0 N–H and O–H groups in total. The second kappa shape index (κ2) is 8.05. The van der Waals surface area contributed by atoms with Crippen molar-refractivity contribution in [3.05, 3.63) is 99.1 Å². The molecule has 1 heterocycles. The first-order valence-corrected chi connectivity index (χ1v) is 11.4. The molecule has 0 bridgehead atoms. The van der Waals surface area contributed by atoms with Crippen molar-refractivity contribution in [2.75, 3.05) is 0 Å². The summed E-state index contributed by atoms with van der Waals surface area (Å²) in [6.45, 7) is 12.1. The first-order valence-electron chi connectivity index (χ1n) is 11.4. The van der Waals surface area contributed by atoms with Gasteiger partial charge in [0.15, 0.2) is 11.4 Å². The zero-order valence-electron chi connectivity index (χ0n) is 20.5. The molecular weight excluding hydrogens is 428 g/mol. The van der Waals surface area contributed by atoms with E-state index in [0.29, 0.717) is 11.1 Å². The molecule has 6 nitrogen and oxygen atoms in total. The molecule has 0 fully saturated rings. The number of ketones is 1. The van der Waals surface area contributed by atoms with Gasteiger partial charge in [-0.1, -0.05) is 89.2 Å². The van der Waals surface area contributed by atoms with Crippen molar-refractivity contribution in [3.8, 4) is 0 Å². The Kier molecular flexibility index (Phi) is 5.59. The Balaban J connectivity index is 1.97. The first kappa shape index (κ1) is 23.6. The van der Waals surface area contributed by atoms with Crippen LogP contribution in [-0.4, -0.2) is 22.0 Å². The van der Waals surface area contributed by atoms with Crippen LogP contribution in [0.4, 0.5) is 5.69 Å². The average molecular weight is 459 g/mol. The Morgan fingerprint density at radius 3 is 1.88 bits per heavy atom. The summed E-state index contributed by atoms with van der Waals surface area (Å²) in [5, 5.41) is 15.8. The number of rotatable bonds is 3. The van der Waals surface area contributed by atoms with Gasteiger partial charge in [-0.2, -0.15) is 0 Å². The smallest absolute Gasteiger partial charge is 0.269 e. The number of oxime groups is 1. The van der Waals surface area contributed by atoms with Crippen molar-refractivity contribution >= 4 is 17.2 Å². The molecule has 34 heavy (non-hydrogen) atoms. The lowest BCUT2D eigenvalue weighted by molar-refractivity contribution is -0.384. The molecule has 0 saturated heterocycles. The van der Waals surface area contributed by atoms with Gasteiger partial charge in [0.05, 0.1) is 16.6 Å². The monoisotopic (exact) mass is 458 g/mol. The third-order valence-corrected chi connectivity index (χ3v) is 6.38. The predicted octanol–water partition coefficient (Wildman–Crippen LogP) is 6.38. The van der Waals surface area contributed by atoms with E-state index < -0.39 is 27.3 Å². The van der Waals surface area contributed by atoms with Crippen molar-refractivity contribution in [2.24, 2.45) is 16.0 Å². The quantitative estimate of drug-likeness (QED) is 0.395. The summed E-state index contributed by atoms with van der Waals surface area (Å²) in [6, 6.07) is 16.3. The summed E-state index contributed by atoms with van der Waals surface area (Å²) in [5.41, 5.74) is 1.98. The minimum Gasteiger partial charge on any atom is -0.379 e. The molecule has 0 saturated carbocycles. The standard InChI is InChI=1S/C28H30N2O4/c1-26(2,3)21-16-28(17-22(25(21)31)27(4,5)6)23(18-12-14-20(15-13-18)30(32)33)24(29-34-28)19-10-8-7-9-11-19/h7-17,23H,1-6H3. The van der Waals surface area contributed by atoms with E-state index in [0.717, 1.165) is 16.8 Å². The van der Waals surface area contributed by atoms with Gasteiger partial charge in [-0.25, -0.2) is 0 Å². The lowest BCUT2D eigenvalue weighted by Gasteiger charge is -2.38. The Bertz CT molecular complexity index is 1190. The summed E-state index contributed by atoms with van der Waals surface area (Å²) < 4.78 is 0. The number of non-ortho nitro benzene ring substituents is 1. The lowest BCUT2D eigenvalue weighted by Crippen LogP contribution is -2.41. The highest BCUT2D eigenvalue weighted by Crippen LogP contribution is 2.50. The fourth-order valence-corrected chi connectivity index (χ4v) is 4.59. The highest BCUT2D eigenvalue weighted by Gasteiger charge is 2.52. The molecule has 6 heteroatoms. The molecule has 176 valence electrons. The molecular formula is C28H30N2O4. The number of allylic oxidation sites excluding steroid dienone is 2. The number of carbonyl (C=O) groups excluding carboxylic acids is 1. The van der Waals surface area contributed by atoms with Crippen molar-refractivity contribution in [1.82, 2.24) is 0 Å². The molecule has 4 rings (SSSR count). The zero-order valence-corrected chi connectivity index (χ0v) is 20.5. The highest BCUT2D eigenvalue weighted by molar-refractivity contribution is 6.13. The van der Waals surface area contributed by atoms with Gasteiger partial charge < -0.3 is 4.84 Å². The highest BCUT2D eigenvalue weighted by atomic mass is 16.7. The van der Waals surface area contributed by atoms with Gasteiger partial charge in [0, 0.05) is 28.8 Å². The van der Waals surface area contributed by atoms with Crippen LogP contribution in [0.3, 0.4) is 0 Å². The number of hydrogen-bond acceptors (Lipinski definition) is 5. The summed E-state index contributed by atoms with van der Waals surface area (Å²) in [4.78, 5) is 30.7. The second-order valence-corrected chi connectivity index (χ2v) is 11.0. The average Bonchev–Trinajstić information content (AvgIpc) is 3.13. The predicted molar refractivity (Wildman–Crippen MR) is 133 cm³/mol. The van der Waals surface area contributed by atoms with Gasteiger partial charge in [-0.05, 0) is 28.5 Å². The van der Waals surface area contributed by atoms with E-state index in [-0.39, 0.29) is 11.5 Å². The van der Waals surface area contributed by atoms with E-state index in [1.807, 2.05) is 84.0 Å². The number of benzene rings is 2. The maximum absolute atomic E-state index is 13.6. The van der Waals surface area contributed by atoms with Crippen molar-refractivity contribution in [3.63, 3.8) is 0 Å². The Morgan fingerprint density at radius 2 is 1.41 bits per heavy atom. The maximum Gasteiger partial charge on any atom is 0.269 e. The molecule has 1 atom stereocenters. The van der Waals surface area contributed by atoms with Crippen LogP contribution in [0.25, 0.3) is 0 Å². The fraction of sp³-hybridized carbons (Fsp3) is 0.357. The molecule has 0 amide bonds. The third kappa shape index (κ3) is 4.09. The maximum atomic E-state index is 13.6. The molecule has 1 aliphatic heterocycles. The molecule has 2 aliphatic rings. The van der Waals surface area contributed by atoms with Crippen molar-refractivity contribution < 1.29 is 14.6 Å². The molecule has 0 radical (unpaired) electrons. The molecule has 1 unspecified atom stereocenters. The van der Waals surface area contributed by atoms with Crippen LogP contribution in [0.5, 0.6) is 0 Å². The van der Waals surface area contributed by atoms with E-state index in [9.17, 15) is 14.9 Å². The number of nitrogens with zero attached hydrogens (tertiary/aromatic N) is 2. The van der Waals surface area contributed by atoms with Crippen LogP contribution in [0.2, 0.25) is 0 Å². The van der Waals surface area contributed by atoms with Gasteiger partial charge in [0.1, 0.15) is 0 Å². The number of nitro groups is 1. The van der Waals surface area contributed by atoms with Gasteiger partial charge in [0.2, 0.25) is 0 Å². The van der Waals surface area contributed by atoms with Crippen LogP contribution in [0, 0.1) is 20.9 Å². The fourth-order valence-electron chi connectivity index (χ4n) is 4.59. The summed E-state index contributed by atoms with van der Waals surface area (Å²) >= 11 is 0. The Morgan fingerprint density at radius 1 is 0.882 bits per heavy atom. The number of nitro benzene ring substituents is 1. The minimum absolute atomic E-state index is 0.0184. The van der Waals surface area contributed by atoms with E-state index >= 15 is 0 Å². The van der Waals surface area contributed by atoms with Crippen molar-refractivity contribution in [1.29, 1.82) is 0 Å². The normalized spacial score (nSPS) is 19.9. The molecule has 0 aromatic heterocycles. The lowest BCUT2D eigenvalue weighted by atomic mass is 9.65. The van der Waals surface area contributed by atoms with Gasteiger partial charge in [0.25, 0.3) is 5.69 Å². The number of hydrogen-bond donors (Lipinski definition) is 0. The van der Waals surface area contributed by atoms with Crippen LogP contribution >= 0.6 is 0 Å². The Labute approximate surface area is 200 Å². The van der Waals surface area contributed by atoms with Crippen LogP contribution in [0.1, 0.15) is 58.6 Å². The van der Waals surface area contributed by atoms with Crippen LogP contribution in [0.15, 0.2) is 83.1 Å². The third-order valence-electron chi connectivity index (χ3n) is 6.38. The number of carbonyl (C=O) groups is 1. The zero-order chi connectivity index (χ0) is 24.9. The summed E-state index contributed by atoms with van der Waals surface area (Å²) in [6.07, 6.45) is 3.83. The SMILES string of the molecule is CC(C)(C)C1=CC2(C=C(C(C)(C)C)C1=O)ON=C(c1ccccc1)C2c1ccc([N+](=O)[O-])cc1. The number of Topliss-reactive ketones (excluding diaryl/α,β-unsaturated/α-hetero) is 1. The van der Waals surface area contributed by atoms with E-state index in [2.05, 4.69) is 5.16 Å². The van der Waals surface area contributed by atoms with E-state index in [4.69, 9.17) is 4.84 Å². The van der Waals surface area contributed by atoms with Gasteiger partial charge in [-0.3, -0.25) is 14.9 Å². The van der Waals surface area contributed by atoms with Crippen LogP contribution < -0.4 is 0 Å². The van der Waals surface area contributed by atoms with E-state index in [1.165, 1.54) is 12.1 Å². The largest absolute Gasteiger partial charge is 0.379 e. The molecule has 2 aromatic rings. The first-order chi connectivity index (χ1) is 15.8. The molecule has 2 aromatic carbocycles. The molecule has 1 aliphatic carbocycles. The second-order valence-electron chi connectivity index (χ2n) is 11.0. The van der Waals surface area contributed by atoms with E-state index in [1.54, 1.807) is 12.1 Å². The Hall–Kier alpha value is -3.54. The van der Waals surface area contributed by atoms with Crippen LogP contribution in [-0.2, 0) is 9.63 Å².